The number of rotatable bonds is 3. The lowest BCUT2D eigenvalue weighted by Crippen LogP contribution is -2.51. The highest BCUT2D eigenvalue weighted by atomic mass is 16.3. The van der Waals surface area contributed by atoms with Crippen LogP contribution < -0.4 is 21.9 Å². The number of allylic oxidation sites excluding steroid dienone is 4. The number of aromatic amines is 2. The Bertz CT molecular complexity index is 864. The second-order valence-corrected chi connectivity index (χ2v) is 4.23. The summed E-state index contributed by atoms with van der Waals surface area (Å²) in [5.41, 5.74) is -2.05. The normalized spacial score (nSPS) is 15.1. The fourth-order valence-corrected chi connectivity index (χ4v) is 1.63. The van der Waals surface area contributed by atoms with Gasteiger partial charge in [0.1, 0.15) is 5.57 Å². The number of nitrogens with one attached hydrogen (secondary N) is 4. The van der Waals surface area contributed by atoms with E-state index in [4.69, 9.17) is 0 Å². The van der Waals surface area contributed by atoms with Gasteiger partial charge in [-0.15, -0.1) is 0 Å². The molecular formula is C13H10N4O6. The number of carbonyl (C=O) groups is 3. The van der Waals surface area contributed by atoms with Crippen LogP contribution in [0.3, 0.4) is 0 Å². The molecule has 5 N–H and O–H groups in total. The lowest BCUT2D eigenvalue weighted by Gasteiger charge is -2.12. The van der Waals surface area contributed by atoms with Crippen molar-refractivity contribution in [3.63, 3.8) is 0 Å². The molecule has 2 rings (SSSR count). The number of hydrogen-bond donors (Lipinski definition) is 5. The van der Waals surface area contributed by atoms with Crippen molar-refractivity contribution in [3.8, 4) is 5.88 Å². The Balaban J connectivity index is 2.13. The summed E-state index contributed by atoms with van der Waals surface area (Å²) in [4.78, 5) is 59.9. The lowest BCUT2D eigenvalue weighted by atomic mass is 10.2. The Morgan fingerprint density at radius 2 is 1.48 bits per heavy atom. The van der Waals surface area contributed by atoms with Gasteiger partial charge in [0.2, 0.25) is 5.88 Å². The minimum Gasteiger partial charge on any atom is -0.494 e. The fraction of sp³-hybridized carbons (Fsp3) is 0. The van der Waals surface area contributed by atoms with Crippen LogP contribution in [0.1, 0.15) is 5.56 Å². The van der Waals surface area contributed by atoms with Crippen molar-refractivity contribution in [2.75, 3.05) is 0 Å². The topological polar surface area (TPSA) is 161 Å². The SMILES string of the molecule is O=C1NC(=O)C(=C/C=C/C=C/c2c(O)[nH]c(=O)[nH]c2=O)C(=O)N1. The summed E-state index contributed by atoms with van der Waals surface area (Å²) < 4.78 is 0. The minimum atomic E-state index is -0.895. The quantitative estimate of drug-likeness (QED) is 0.262. The molecular weight excluding hydrogens is 308 g/mol. The fourth-order valence-electron chi connectivity index (χ4n) is 1.63. The Hall–Kier alpha value is -3.69. The number of H-pyrrole nitrogens is 2. The van der Waals surface area contributed by atoms with E-state index in [-0.39, 0.29) is 11.1 Å². The van der Waals surface area contributed by atoms with Crippen molar-refractivity contribution in [3.05, 3.63) is 56.3 Å². The molecule has 2 heterocycles. The van der Waals surface area contributed by atoms with Gasteiger partial charge in [-0.3, -0.25) is 35.0 Å². The van der Waals surface area contributed by atoms with Crippen LogP contribution in [0.2, 0.25) is 0 Å². The highest BCUT2D eigenvalue weighted by Crippen LogP contribution is 2.07. The van der Waals surface area contributed by atoms with Crippen molar-refractivity contribution in [1.29, 1.82) is 0 Å². The highest BCUT2D eigenvalue weighted by Gasteiger charge is 2.26. The third-order valence-corrected chi connectivity index (χ3v) is 2.65. The molecule has 1 fully saturated rings. The molecule has 0 saturated carbocycles. The number of urea groups is 1. The Labute approximate surface area is 127 Å². The molecule has 10 nitrogen and oxygen atoms in total. The second kappa shape index (κ2) is 6.39. The lowest BCUT2D eigenvalue weighted by molar-refractivity contribution is -0.124. The zero-order chi connectivity index (χ0) is 17.0. The Kier molecular flexibility index (Phi) is 4.36. The third-order valence-electron chi connectivity index (χ3n) is 2.65. The van der Waals surface area contributed by atoms with E-state index in [2.05, 4.69) is 0 Å². The van der Waals surface area contributed by atoms with Crippen molar-refractivity contribution in [2.24, 2.45) is 0 Å². The summed E-state index contributed by atoms with van der Waals surface area (Å²) in [6.07, 6.45) is 6.40. The second-order valence-electron chi connectivity index (χ2n) is 4.23. The number of aromatic nitrogens is 2. The predicted octanol–water partition coefficient (Wildman–Crippen LogP) is -1.37. The maximum absolute atomic E-state index is 11.4. The van der Waals surface area contributed by atoms with Crippen LogP contribution >= 0.6 is 0 Å². The molecule has 1 aliphatic heterocycles. The van der Waals surface area contributed by atoms with Crippen LogP contribution in [0.5, 0.6) is 5.88 Å². The van der Waals surface area contributed by atoms with E-state index >= 15 is 0 Å². The van der Waals surface area contributed by atoms with Crippen LogP contribution in [0, 0.1) is 0 Å². The van der Waals surface area contributed by atoms with E-state index in [9.17, 15) is 29.1 Å². The summed E-state index contributed by atoms with van der Waals surface area (Å²) >= 11 is 0. The Morgan fingerprint density at radius 3 is 2.09 bits per heavy atom. The summed E-state index contributed by atoms with van der Waals surface area (Å²) in [6.45, 7) is 0. The smallest absolute Gasteiger partial charge is 0.328 e. The van der Waals surface area contributed by atoms with Crippen molar-refractivity contribution >= 4 is 23.9 Å². The zero-order valence-corrected chi connectivity index (χ0v) is 11.4. The number of hydrogen-bond acceptors (Lipinski definition) is 6. The van der Waals surface area contributed by atoms with Gasteiger partial charge in [-0.25, -0.2) is 9.59 Å². The first-order valence-corrected chi connectivity index (χ1v) is 6.15. The monoisotopic (exact) mass is 318 g/mol. The molecule has 0 aliphatic carbocycles. The first-order valence-electron chi connectivity index (χ1n) is 6.15. The minimum absolute atomic E-state index is 0.166. The van der Waals surface area contributed by atoms with Gasteiger partial charge >= 0.3 is 11.7 Å². The number of amides is 4. The van der Waals surface area contributed by atoms with Crippen LogP contribution in [-0.2, 0) is 9.59 Å². The molecule has 0 atom stereocenters. The van der Waals surface area contributed by atoms with E-state index in [0.29, 0.717) is 0 Å². The molecule has 0 spiro atoms. The van der Waals surface area contributed by atoms with Crippen molar-refractivity contribution in [2.45, 2.75) is 0 Å². The molecule has 4 amide bonds. The largest absolute Gasteiger partial charge is 0.494 e. The molecule has 0 radical (unpaired) electrons. The van der Waals surface area contributed by atoms with Gasteiger partial charge < -0.3 is 5.11 Å². The van der Waals surface area contributed by atoms with E-state index in [1.165, 1.54) is 30.4 Å². The van der Waals surface area contributed by atoms with Crippen LogP contribution in [0.15, 0.2) is 39.5 Å². The maximum atomic E-state index is 11.4. The zero-order valence-electron chi connectivity index (χ0n) is 11.4. The van der Waals surface area contributed by atoms with E-state index in [0.717, 1.165) is 0 Å². The summed E-state index contributed by atoms with van der Waals surface area (Å²) in [5.74, 6) is -2.25. The summed E-state index contributed by atoms with van der Waals surface area (Å²) in [7, 11) is 0. The van der Waals surface area contributed by atoms with Crippen molar-refractivity contribution < 1.29 is 19.5 Å². The highest BCUT2D eigenvalue weighted by molar-refractivity contribution is 6.29. The molecule has 0 bridgehead atoms. The average molecular weight is 318 g/mol. The molecule has 1 aromatic rings. The maximum Gasteiger partial charge on any atom is 0.328 e. The summed E-state index contributed by atoms with van der Waals surface area (Å²) in [6, 6.07) is -0.895. The van der Waals surface area contributed by atoms with Gasteiger partial charge in [0.05, 0.1) is 5.56 Å². The number of carbonyl (C=O) groups excluding carboxylic acids is 3. The molecule has 1 aliphatic rings. The molecule has 0 unspecified atom stereocenters. The molecule has 0 aromatic carbocycles. The number of aromatic hydroxyl groups is 1. The van der Waals surface area contributed by atoms with Gasteiger partial charge in [-0.2, -0.15) is 0 Å². The molecule has 1 saturated heterocycles. The predicted molar refractivity (Wildman–Crippen MR) is 77.3 cm³/mol. The standard InChI is InChI=1S/C13H10N4O6/c18-8-6(9(19)15-12(22)14-8)4-2-1-3-5-7-10(20)16-13(23)17-11(7)21/h1-5H,(H2,14,15,18,19,22)(H3,16,17,20,21,23)/b2-1+,5-3+. The summed E-state index contributed by atoms with van der Waals surface area (Å²) in [5, 5.41) is 13.2. The van der Waals surface area contributed by atoms with E-state index < -0.39 is 35.0 Å². The van der Waals surface area contributed by atoms with Crippen LogP contribution in [0.25, 0.3) is 6.08 Å². The molecule has 10 heteroatoms. The number of barbiturate groups is 1. The van der Waals surface area contributed by atoms with Crippen LogP contribution in [-0.4, -0.2) is 32.9 Å². The number of imide groups is 2. The van der Waals surface area contributed by atoms with E-state index in [1.54, 1.807) is 0 Å². The molecule has 118 valence electrons. The van der Waals surface area contributed by atoms with Gasteiger partial charge in [-0.1, -0.05) is 18.2 Å². The first kappa shape index (κ1) is 15.7. The van der Waals surface area contributed by atoms with Gasteiger partial charge in [0.25, 0.3) is 17.4 Å². The average Bonchev–Trinajstić information content (AvgIpc) is 2.42. The first-order chi connectivity index (χ1) is 10.9. The van der Waals surface area contributed by atoms with Gasteiger partial charge in [0.15, 0.2) is 0 Å². The van der Waals surface area contributed by atoms with E-state index in [1.807, 2.05) is 20.6 Å². The Morgan fingerprint density at radius 1 is 0.826 bits per heavy atom. The van der Waals surface area contributed by atoms with Crippen LogP contribution in [0.4, 0.5) is 4.79 Å². The van der Waals surface area contributed by atoms with Gasteiger partial charge in [-0.05, 0) is 12.2 Å². The molecule has 1 aromatic heterocycles. The van der Waals surface area contributed by atoms with Gasteiger partial charge in [0, 0.05) is 0 Å². The molecule has 23 heavy (non-hydrogen) atoms. The third kappa shape index (κ3) is 3.69. The van der Waals surface area contributed by atoms with Crippen molar-refractivity contribution in [1.82, 2.24) is 20.6 Å².